The molecule has 2 fully saturated rings. The highest BCUT2D eigenvalue weighted by atomic mass is 19.4. The zero-order chi connectivity index (χ0) is 24.5. The highest BCUT2D eigenvalue weighted by molar-refractivity contribution is 5.94. The predicted octanol–water partition coefficient (Wildman–Crippen LogP) is 4.43. The summed E-state index contributed by atoms with van der Waals surface area (Å²) >= 11 is 0. The molecule has 2 aromatic rings. The molecule has 12 heteroatoms. The molecule has 0 aromatic carbocycles. The maximum atomic E-state index is 13.8. The Morgan fingerprint density at radius 1 is 1.24 bits per heavy atom. The molecule has 0 radical (unpaired) electrons. The predicted molar refractivity (Wildman–Crippen MR) is 108 cm³/mol. The zero-order valence-corrected chi connectivity index (χ0v) is 18.1. The molecule has 4 rings (SSSR count). The molecular formula is C22H23F5N4O3. The molecule has 0 unspecified atom stereocenters. The Balaban J connectivity index is 1.64. The van der Waals surface area contributed by atoms with Gasteiger partial charge in [0.05, 0.1) is 11.8 Å². The minimum absolute atomic E-state index is 0.0729. The number of hydroxylamine groups is 1. The van der Waals surface area contributed by atoms with Gasteiger partial charge in [-0.1, -0.05) is 0 Å². The summed E-state index contributed by atoms with van der Waals surface area (Å²) in [6.07, 6.45) is -4.71. The second kappa shape index (κ2) is 9.46. The highest BCUT2D eigenvalue weighted by Gasteiger charge is 2.41. The smallest absolute Gasteiger partial charge is 0.381 e. The van der Waals surface area contributed by atoms with E-state index in [1.54, 1.807) is 0 Å². The number of nitriles is 1. The Morgan fingerprint density at radius 3 is 2.53 bits per heavy atom. The van der Waals surface area contributed by atoms with Crippen LogP contribution >= 0.6 is 0 Å². The molecule has 1 aliphatic heterocycles. The van der Waals surface area contributed by atoms with E-state index in [0.29, 0.717) is 26.1 Å². The van der Waals surface area contributed by atoms with Crippen molar-refractivity contribution >= 4 is 11.6 Å². The van der Waals surface area contributed by atoms with Crippen LogP contribution in [0.3, 0.4) is 0 Å². The lowest BCUT2D eigenvalue weighted by Crippen LogP contribution is -2.33. The van der Waals surface area contributed by atoms with Crippen LogP contribution < -0.4 is 5.48 Å². The van der Waals surface area contributed by atoms with E-state index >= 15 is 0 Å². The van der Waals surface area contributed by atoms with Gasteiger partial charge in [-0.25, -0.2) is 19.2 Å². The molecule has 1 saturated heterocycles. The number of aromatic nitrogens is 2. The third-order valence-corrected chi connectivity index (χ3v) is 6.27. The van der Waals surface area contributed by atoms with Crippen LogP contribution in [0.4, 0.5) is 22.0 Å². The van der Waals surface area contributed by atoms with E-state index in [2.05, 4.69) is 10.5 Å². The molecule has 34 heavy (non-hydrogen) atoms. The first-order valence-electron chi connectivity index (χ1n) is 11.0. The fraction of sp³-hybridized carbons (Fsp3) is 0.591. The minimum atomic E-state index is -4.82. The molecule has 2 aromatic heterocycles. The molecule has 1 aliphatic carbocycles. The lowest BCUT2D eigenvalue weighted by atomic mass is 9.83. The molecule has 1 N–H and O–H groups in total. The van der Waals surface area contributed by atoms with E-state index in [9.17, 15) is 32.0 Å². The number of fused-ring (bicyclic) bond motifs is 1. The van der Waals surface area contributed by atoms with Crippen LogP contribution in [0, 0.1) is 17.2 Å². The van der Waals surface area contributed by atoms with Gasteiger partial charge in [0.2, 0.25) is 5.92 Å². The molecule has 0 spiro atoms. The quantitative estimate of drug-likeness (QED) is 0.499. The number of rotatable bonds is 5. The number of pyridine rings is 1. The van der Waals surface area contributed by atoms with Crippen molar-refractivity contribution in [3.63, 3.8) is 0 Å². The first-order chi connectivity index (χ1) is 16.1. The molecule has 0 bridgehead atoms. The van der Waals surface area contributed by atoms with Crippen molar-refractivity contribution in [2.24, 2.45) is 5.92 Å². The summed E-state index contributed by atoms with van der Waals surface area (Å²) in [5.41, 5.74) is 0.305. The minimum Gasteiger partial charge on any atom is -0.381 e. The number of nitrogens with zero attached hydrogens (tertiary/aromatic N) is 3. The van der Waals surface area contributed by atoms with Gasteiger partial charge in [0, 0.05) is 31.6 Å². The van der Waals surface area contributed by atoms with Crippen molar-refractivity contribution in [3.05, 3.63) is 34.8 Å². The number of carbonyl (C=O) groups is 1. The van der Waals surface area contributed by atoms with E-state index < -0.39 is 42.5 Å². The van der Waals surface area contributed by atoms with Crippen LogP contribution in [0.5, 0.6) is 0 Å². The van der Waals surface area contributed by atoms with Gasteiger partial charge in [-0.2, -0.15) is 18.4 Å². The SMILES string of the molecule is N#Cc1cc(C(=O)NOC2CCOCC2)cc2nc(C(F)(F)F)c(CC3CCC(F)(F)CC3)n12. The topological polar surface area (TPSA) is 88.7 Å². The third-order valence-electron chi connectivity index (χ3n) is 6.27. The number of halogens is 5. The first kappa shape index (κ1) is 24.3. The lowest BCUT2D eigenvalue weighted by molar-refractivity contribution is -0.141. The van der Waals surface area contributed by atoms with E-state index in [1.807, 2.05) is 6.07 Å². The molecule has 2 aliphatic rings. The molecule has 3 heterocycles. The Labute approximate surface area is 191 Å². The normalized spacial score (nSPS) is 19.8. The molecule has 7 nitrogen and oxygen atoms in total. The van der Waals surface area contributed by atoms with Crippen LogP contribution in [0.2, 0.25) is 0 Å². The molecular weight excluding hydrogens is 463 g/mol. The maximum absolute atomic E-state index is 13.8. The van der Waals surface area contributed by atoms with Crippen molar-refractivity contribution in [1.29, 1.82) is 5.26 Å². The number of amides is 1. The number of carbonyl (C=O) groups excluding carboxylic acids is 1. The first-order valence-corrected chi connectivity index (χ1v) is 11.0. The van der Waals surface area contributed by atoms with Gasteiger partial charge in [-0.05, 0) is 50.2 Å². The van der Waals surface area contributed by atoms with E-state index in [4.69, 9.17) is 9.57 Å². The zero-order valence-electron chi connectivity index (χ0n) is 18.1. The van der Waals surface area contributed by atoms with Crippen molar-refractivity contribution in [2.75, 3.05) is 13.2 Å². The third kappa shape index (κ3) is 5.31. The van der Waals surface area contributed by atoms with Gasteiger partial charge in [0.1, 0.15) is 17.4 Å². The Bertz CT molecular complexity index is 1090. The largest absolute Gasteiger partial charge is 0.435 e. The van der Waals surface area contributed by atoms with Crippen molar-refractivity contribution in [1.82, 2.24) is 14.9 Å². The summed E-state index contributed by atoms with van der Waals surface area (Å²) in [5.74, 6) is -3.93. The second-order valence-electron chi connectivity index (χ2n) is 8.70. The number of ether oxygens (including phenoxy) is 1. The van der Waals surface area contributed by atoms with E-state index in [0.717, 1.165) is 16.5 Å². The van der Waals surface area contributed by atoms with Gasteiger partial charge in [-0.3, -0.25) is 14.0 Å². The van der Waals surface area contributed by atoms with Gasteiger partial charge in [-0.15, -0.1) is 0 Å². The summed E-state index contributed by atoms with van der Waals surface area (Å²) in [6.45, 7) is 0.974. The molecule has 1 amide bonds. The summed E-state index contributed by atoms with van der Waals surface area (Å²) in [5, 5.41) is 9.63. The average Bonchev–Trinajstić information content (AvgIpc) is 3.18. The summed E-state index contributed by atoms with van der Waals surface area (Å²) in [6, 6.07) is 4.14. The van der Waals surface area contributed by atoms with Crippen LogP contribution in [0.1, 0.15) is 66.0 Å². The number of alkyl halides is 5. The van der Waals surface area contributed by atoms with Crippen LogP contribution in [0.25, 0.3) is 5.65 Å². The Morgan fingerprint density at radius 2 is 1.91 bits per heavy atom. The van der Waals surface area contributed by atoms with Gasteiger partial charge < -0.3 is 4.74 Å². The summed E-state index contributed by atoms with van der Waals surface area (Å²) < 4.78 is 74.7. The standard InChI is InChI=1S/C22H23F5N4O3/c23-21(24)5-1-13(2-6-21)9-17-19(22(25,26)27)29-18-11-14(10-15(12-28)31(17)18)20(32)30-34-16-3-7-33-8-4-16/h10-11,13,16H,1-9H2,(H,30,32). The number of hydrogen-bond acceptors (Lipinski definition) is 5. The van der Waals surface area contributed by atoms with Gasteiger partial charge >= 0.3 is 6.18 Å². The van der Waals surface area contributed by atoms with Gasteiger partial charge in [0.15, 0.2) is 5.69 Å². The van der Waals surface area contributed by atoms with Crippen LogP contribution in [0.15, 0.2) is 12.1 Å². The highest BCUT2D eigenvalue weighted by Crippen LogP contribution is 2.40. The number of imidazole rings is 1. The average molecular weight is 486 g/mol. The lowest BCUT2D eigenvalue weighted by Gasteiger charge is -2.28. The van der Waals surface area contributed by atoms with Crippen molar-refractivity contribution < 1.29 is 36.3 Å². The Kier molecular flexibility index (Phi) is 6.78. The Hall–Kier alpha value is -2.78. The summed E-state index contributed by atoms with van der Waals surface area (Å²) in [7, 11) is 0. The molecule has 184 valence electrons. The van der Waals surface area contributed by atoms with Crippen molar-refractivity contribution in [2.45, 2.75) is 63.1 Å². The number of hydrogen-bond donors (Lipinski definition) is 1. The van der Waals surface area contributed by atoms with Crippen LogP contribution in [-0.4, -0.2) is 40.5 Å². The maximum Gasteiger partial charge on any atom is 0.435 e. The van der Waals surface area contributed by atoms with E-state index in [-0.39, 0.29) is 48.0 Å². The van der Waals surface area contributed by atoms with Crippen molar-refractivity contribution in [3.8, 4) is 6.07 Å². The molecule has 0 atom stereocenters. The monoisotopic (exact) mass is 486 g/mol. The van der Waals surface area contributed by atoms with E-state index in [1.165, 1.54) is 0 Å². The fourth-order valence-electron chi connectivity index (χ4n) is 4.43. The molecule has 1 saturated carbocycles. The fourth-order valence-corrected chi connectivity index (χ4v) is 4.43. The van der Waals surface area contributed by atoms with Gasteiger partial charge in [0.25, 0.3) is 5.91 Å². The second-order valence-corrected chi connectivity index (χ2v) is 8.70. The summed E-state index contributed by atoms with van der Waals surface area (Å²) in [4.78, 5) is 21.6. The van der Waals surface area contributed by atoms with Crippen LogP contribution in [-0.2, 0) is 22.2 Å². The number of nitrogens with one attached hydrogen (secondary N) is 1.